The summed E-state index contributed by atoms with van der Waals surface area (Å²) in [5.74, 6) is 0.125. The molecule has 0 atom stereocenters. The standard InChI is InChI=1S/C22H19Cl2NO4/c1-28-22(27)13-29-17-11-19(23)18(20(24)12-17)10-15-2-3-21(26)16(9-15)8-14-4-6-25-7-5-14/h2-7,9,11-12,26H,8,10,13H2,1H3. The minimum absolute atomic E-state index is 0.223. The van der Waals surface area contributed by atoms with Crippen LogP contribution in [0, 0.1) is 0 Å². The van der Waals surface area contributed by atoms with Crippen molar-refractivity contribution in [3.63, 3.8) is 0 Å². The molecule has 1 aromatic heterocycles. The Balaban J connectivity index is 1.79. The molecule has 150 valence electrons. The van der Waals surface area contributed by atoms with Crippen LogP contribution in [0.15, 0.2) is 54.9 Å². The number of rotatable bonds is 7. The highest BCUT2D eigenvalue weighted by Crippen LogP contribution is 2.33. The Labute approximate surface area is 178 Å². The van der Waals surface area contributed by atoms with E-state index >= 15 is 0 Å². The molecular formula is C22H19Cl2NO4. The van der Waals surface area contributed by atoms with Crippen LogP contribution in [-0.4, -0.2) is 29.8 Å². The van der Waals surface area contributed by atoms with E-state index in [9.17, 15) is 9.90 Å². The average Bonchev–Trinajstić information content (AvgIpc) is 2.72. The van der Waals surface area contributed by atoms with Crippen LogP contribution in [0.3, 0.4) is 0 Å². The van der Waals surface area contributed by atoms with Crippen LogP contribution in [-0.2, 0) is 22.4 Å². The first-order valence-electron chi connectivity index (χ1n) is 8.83. The molecule has 1 heterocycles. The Morgan fingerprint density at radius 1 is 1.00 bits per heavy atom. The Kier molecular flexibility index (Phi) is 6.96. The third-order valence-corrected chi connectivity index (χ3v) is 5.04. The highest BCUT2D eigenvalue weighted by molar-refractivity contribution is 6.36. The lowest BCUT2D eigenvalue weighted by molar-refractivity contribution is -0.142. The highest BCUT2D eigenvalue weighted by Gasteiger charge is 2.13. The van der Waals surface area contributed by atoms with Crippen molar-refractivity contribution in [1.29, 1.82) is 0 Å². The second-order valence-electron chi connectivity index (χ2n) is 6.40. The van der Waals surface area contributed by atoms with E-state index in [0.29, 0.717) is 28.6 Å². The van der Waals surface area contributed by atoms with Crippen molar-refractivity contribution in [2.45, 2.75) is 12.8 Å². The third-order valence-electron chi connectivity index (χ3n) is 4.37. The van der Waals surface area contributed by atoms with Gasteiger partial charge in [-0.05, 0) is 52.6 Å². The number of aromatic hydroxyl groups is 1. The molecule has 1 N–H and O–H groups in total. The summed E-state index contributed by atoms with van der Waals surface area (Å²) < 4.78 is 9.89. The van der Waals surface area contributed by atoms with Gasteiger partial charge in [-0.2, -0.15) is 0 Å². The molecule has 0 spiro atoms. The number of methoxy groups -OCH3 is 1. The van der Waals surface area contributed by atoms with Gasteiger partial charge < -0.3 is 14.6 Å². The van der Waals surface area contributed by atoms with Crippen LogP contribution in [0.1, 0.15) is 22.3 Å². The minimum Gasteiger partial charge on any atom is -0.508 e. The molecular weight excluding hydrogens is 413 g/mol. The summed E-state index contributed by atoms with van der Waals surface area (Å²) in [5.41, 5.74) is 3.55. The van der Waals surface area contributed by atoms with Gasteiger partial charge >= 0.3 is 5.97 Å². The lowest BCUT2D eigenvalue weighted by Crippen LogP contribution is -2.12. The Bertz CT molecular complexity index is 986. The summed E-state index contributed by atoms with van der Waals surface area (Å²) in [6.07, 6.45) is 4.52. The second-order valence-corrected chi connectivity index (χ2v) is 7.22. The van der Waals surface area contributed by atoms with Crippen molar-refractivity contribution in [3.05, 3.63) is 87.2 Å². The zero-order valence-corrected chi connectivity index (χ0v) is 17.2. The lowest BCUT2D eigenvalue weighted by Gasteiger charge is -2.12. The van der Waals surface area contributed by atoms with Crippen molar-refractivity contribution in [2.24, 2.45) is 0 Å². The van der Waals surface area contributed by atoms with Gasteiger partial charge in [0.25, 0.3) is 0 Å². The maximum atomic E-state index is 11.2. The fraction of sp³-hybridized carbons (Fsp3) is 0.182. The number of pyridine rings is 1. The predicted molar refractivity (Wildman–Crippen MR) is 112 cm³/mol. The summed E-state index contributed by atoms with van der Waals surface area (Å²) in [6, 6.07) is 12.5. The number of esters is 1. The van der Waals surface area contributed by atoms with Gasteiger partial charge in [-0.15, -0.1) is 0 Å². The predicted octanol–water partition coefficient (Wildman–Crippen LogP) is 4.83. The summed E-state index contributed by atoms with van der Waals surface area (Å²) in [4.78, 5) is 15.2. The van der Waals surface area contributed by atoms with Gasteiger partial charge in [-0.1, -0.05) is 35.3 Å². The van der Waals surface area contributed by atoms with E-state index in [0.717, 1.165) is 22.3 Å². The number of phenols is 1. The Morgan fingerprint density at radius 3 is 2.34 bits per heavy atom. The van der Waals surface area contributed by atoms with E-state index in [2.05, 4.69) is 9.72 Å². The number of hydrogen-bond donors (Lipinski definition) is 1. The monoisotopic (exact) mass is 431 g/mol. The van der Waals surface area contributed by atoms with Gasteiger partial charge in [0.1, 0.15) is 11.5 Å². The molecule has 0 radical (unpaired) electrons. The van der Waals surface area contributed by atoms with Crippen molar-refractivity contribution >= 4 is 29.2 Å². The Morgan fingerprint density at radius 2 is 1.69 bits per heavy atom. The lowest BCUT2D eigenvalue weighted by atomic mass is 9.98. The SMILES string of the molecule is COC(=O)COc1cc(Cl)c(Cc2ccc(O)c(Cc3ccncc3)c2)c(Cl)c1. The van der Waals surface area contributed by atoms with E-state index in [-0.39, 0.29) is 12.4 Å². The normalized spacial score (nSPS) is 10.6. The summed E-state index contributed by atoms with van der Waals surface area (Å²) in [7, 11) is 1.29. The van der Waals surface area contributed by atoms with E-state index in [4.69, 9.17) is 27.9 Å². The molecule has 0 fully saturated rings. The summed E-state index contributed by atoms with van der Waals surface area (Å²) in [6.45, 7) is -0.223. The summed E-state index contributed by atoms with van der Waals surface area (Å²) >= 11 is 12.8. The first-order chi connectivity index (χ1) is 14.0. The van der Waals surface area contributed by atoms with Gasteiger partial charge in [0.2, 0.25) is 0 Å². The van der Waals surface area contributed by atoms with E-state index in [1.807, 2.05) is 24.3 Å². The van der Waals surface area contributed by atoms with Crippen LogP contribution < -0.4 is 4.74 Å². The fourth-order valence-corrected chi connectivity index (χ4v) is 3.45. The van der Waals surface area contributed by atoms with Gasteiger partial charge in [0, 0.05) is 35.3 Å². The molecule has 3 aromatic rings. The molecule has 0 aliphatic rings. The van der Waals surface area contributed by atoms with Crippen LogP contribution in [0.2, 0.25) is 10.0 Å². The van der Waals surface area contributed by atoms with E-state index in [1.54, 1.807) is 30.6 Å². The first-order valence-corrected chi connectivity index (χ1v) is 9.59. The molecule has 7 heteroatoms. The van der Waals surface area contributed by atoms with Crippen molar-refractivity contribution < 1.29 is 19.4 Å². The molecule has 0 unspecified atom stereocenters. The topological polar surface area (TPSA) is 68.7 Å². The quantitative estimate of drug-likeness (QED) is 0.542. The first kappa shape index (κ1) is 21.0. The zero-order valence-electron chi connectivity index (χ0n) is 15.7. The number of ether oxygens (including phenoxy) is 2. The Hall–Kier alpha value is -2.76. The summed E-state index contributed by atoms with van der Waals surface area (Å²) in [5, 5.41) is 11.1. The molecule has 0 saturated heterocycles. The maximum Gasteiger partial charge on any atom is 0.343 e. The smallest absolute Gasteiger partial charge is 0.343 e. The van der Waals surface area contributed by atoms with Crippen LogP contribution in [0.4, 0.5) is 0 Å². The number of phenolic OH excluding ortho intramolecular Hbond substituents is 1. The molecule has 0 saturated carbocycles. The largest absolute Gasteiger partial charge is 0.508 e. The molecule has 3 rings (SSSR count). The molecule has 0 bridgehead atoms. The number of hydrogen-bond acceptors (Lipinski definition) is 5. The minimum atomic E-state index is -0.493. The molecule has 0 amide bonds. The van der Waals surface area contributed by atoms with Gasteiger partial charge in [-0.3, -0.25) is 4.98 Å². The number of halogens is 2. The van der Waals surface area contributed by atoms with Gasteiger partial charge in [-0.25, -0.2) is 4.79 Å². The number of aromatic nitrogens is 1. The van der Waals surface area contributed by atoms with Crippen molar-refractivity contribution in [3.8, 4) is 11.5 Å². The molecule has 0 aliphatic heterocycles. The molecule has 29 heavy (non-hydrogen) atoms. The van der Waals surface area contributed by atoms with Crippen molar-refractivity contribution in [2.75, 3.05) is 13.7 Å². The zero-order chi connectivity index (χ0) is 20.8. The fourth-order valence-electron chi connectivity index (χ4n) is 2.85. The molecule has 5 nitrogen and oxygen atoms in total. The van der Waals surface area contributed by atoms with Gasteiger partial charge in [0.15, 0.2) is 6.61 Å². The van der Waals surface area contributed by atoms with Gasteiger partial charge in [0.05, 0.1) is 7.11 Å². The third kappa shape index (κ3) is 5.62. The second kappa shape index (κ2) is 9.63. The molecule has 0 aliphatic carbocycles. The average molecular weight is 432 g/mol. The number of nitrogens with zero attached hydrogens (tertiary/aromatic N) is 1. The van der Waals surface area contributed by atoms with E-state index < -0.39 is 5.97 Å². The number of carbonyl (C=O) groups is 1. The molecule has 2 aromatic carbocycles. The van der Waals surface area contributed by atoms with Crippen molar-refractivity contribution in [1.82, 2.24) is 4.98 Å². The van der Waals surface area contributed by atoms with Crippen LogP contribution in [0.5, 0.6) is 11.5 Å². The van der Waals surface area contributed by atoms with E-state index in [1.165, 1.54) is 7.11 Å². The number of benzene rings is 2. The maximum absolute atomic E-state index is 11.2. The number of carbonyl (C=O) groups excluding carboxylic acids is 1. The highest BCUT2D eigenvalue weighted by atomic mass is 35.5. The van der Waals surface area contributed by atoms with Crippen LogP contribution in [0.25, 0.3) is 0 Å². The van der Waals surface area contributed by atoms with Crippen LogP contribution >= 0.6 is 23.2 Å².